The molecule has 0 saturated carbocycles. The van der Waals surface area contributed by atoms with Gasteiger partial charge < -0.3 is 33.5 Å². The standard InChI is InChI=1S/C50H51Cl2F2IN6O7/c1-27-24-34(59(25-29-13-17-31(64-9)18-14-29)26-30-15-19-32(65-10)20-16-30)39(53)36(41(27)55)35-38(51)43-37-42(40(35)54)57-46(52)58-45(37)60(22-23-66-43)28(2)33-12-11-21-56-44(33)61(47(62)67-49(3,4)5)48(63)68-50(6,7)8/h11-21,24,28H,22-23,25-26H2,1-10H3. The summed E-state index contributed by atoms with van der Waals surface area (Å²) < 4.78 is 64.4. The lowest BCUT2D eigenvalue weighted by atomic mass is 9.97. The normalized spacial score (nSPS) is 13.1. The highest BCUT2D eigenvalue weighted by Crippen LogP contribution is 2.51. The van der Waals surface area contributed by atoms with Crippen molar-refractivity contribution in [1.29, 1.82) is 0 Å². The van der Waals surface area contributed by atoms with Crippen molar-refractivity contribution in [2.75, 3.05) is 42.1 Å². The highest BCUT2D eigenvalue weighted by atomic mass is 127. The zero-order chi connectivity index (χ0) is 49.4. The van der Waals surface area contributed by atoms with Crippen molar-refractivity contribution in [1.82, 2.24) is 15.0 Å². The molecular weight excluding hydrogens is 1030 g/mol. The number of anilines is 3. The molecule has 18 heteroatoms. The second-order valence-electron chi connectivity index (χ2n) is 18.1. The van der Waals surface area contributed by atoms with E-state index < -0.39 is 41.1 Å². The van der Waals surface area contributed by atoms with E-state index in [1.165, 1.54) is 6.20 Å². The number of imide groups is 1. The summed E-state index contributed by atoms with van der Waals surface area (Å²) in [4.78, 5) is 45.4. The maximum Gasteiger partial charge on any atom is 0.425 e. The molecule has 0 fully saturated rings. The molecule has 13 nitrogen and oxygen atoms in total. The average Bonchev–Trinajstić information content (AvgIpc) is 3.47. The molecule has 358 valence electrons. The summed E-state index contributed by atoms with van der Waals surface area (Å²) in [6.07, 6.45) is -0.592. The molecule has 6 aromatic rings. The summed E-state index contributed by atoms with van der Waals surface area (Å²) in [5, 5.41) is -0.439. The third-order valence-corrected chi connectivity index (χ3v) is 12.8. The Labute approximate surface area is 417 Å². The monoisotopic (exact) mass is 1080 g/mol. The first-order chi connectivity index (χ1) is 32.1. The van der Waals surface area contributed by atoms with Gasteiger partial charge in [-0.2, -0.15) is 9.88 Å². The summed E-state index contributed by atoms with van der Waals surface area (Å²) in [7, 11) is 3.17. The summed E-state index contributed by atoms with van der Waals surface area (Å²) in [5.74, 6) is -0.250. The number of aryl methyl sites for hydroxylation is 1. The van der Waals surface area contributed by atoms with E-state index in [0.29, 0.717) is 26.2 Å². The van der Waals surface area contributed by atoms with Gasteiger partial charge in [0.25, 0.3) is 0 Å². The molecule has 2 amide bonds. The minimum absolute atomic E-state index is 0.0153. The third kappa shape index (κ3) is 10.6. The zero-order valence-corrected chi connectivity index (χ0v) is 42.9. The molecular formula is C50H51Cl2F2IN6O7. The van der Waals surface area contributed by atoms with Crippen molar-refractivity contribution in [3.63, 3.8) is 0 Å². The largest absolute Gasteiger partial charge is 0.497 e. The fourth-order valence-corrected chi connectivity index (χ4v) is 8.96. The third-order valence-electron chi connectivity index (χ3n) is 10.9. The number of amides is 2. The average molecular weight is 1080 g/mol. The van der Waals surface area contributed by atoms with Gasteiger partial charge in [-0.25, -0.2) is 28.3 Å². The van der Waals surface area contributed by atoms with Crippen molar-refractivity contribution in [3.8, 4) is 28.4 Å². The first-order valence-electron chi connectivity index (χ1n) is 21.6. The number of carbonyl (C=O) groups excluding carboxylic acids is 2. The molecule has 4 aromatic carbocycles. The van der Waals surface area contributed by atoms with Gasteiger partial charge in [-0.3, -0.25) is 0 Å². The Morgan fingerprint density at radius 1 is 0.853 bits per heavy atom. The second-order valence-corrected chi connectivity index (χ2v) is 19.9. The fraction of sp³-hybridized carbons (Fsp3) is 0.340. The van der Waals surface area contributed by atoms with Crippen LogP contribution >= 0.6 is 45.8 Å². The number of ether oxygens (including phenoxy) is 5. The van der Waals surface area contributed by atoms with E-state index in [4.69, 9.17) is 46.9 Å². The van der Waals surface area contributed by atoms with Gasteiger partial charge in [0, 0.05) is 39.5 Å². The second kappa shape index (κ2) is 20.1. The summed E-state index contributed by atoms with van der Waals surface area (Å²) in [6, 6.07) is 19.3. The van der Waals surface area contributed by atoms with Gasteiger partial charge >= 0.3 is 12.2 Å². The maximum absolute atomic E-state index is 17.8. The van der Waals surface area contributed by atoms with Crippen molar-refractivity contribution in [2.24, 2.45) is 0 Å². The first-order valence-corrected chi connectivity index (χ1v) is 23.4. The smallest absolute Gasteiger partial charge is 0.425 e. The number of benzene rings is 4. The molecule has 1 aliphatic rings. The van der Waals surface area contributed by atoms with Crippen LogP contribution in [0.3, 0.4) is 0 Å². The molecule has 0 spiro atoms. The van der Waals surface area contributed by atoms with E-state index in [1.807, 2.05) is 82.9 Å². The number of hydrogen-bond donors (Lipinski definition) is 0. The van der Waals surface area contributed by atoms with Crippen LogP contribution in [0.25, 0.3) is 22.0 Å². The number of pyridine rings is 1. The maximum atomic E-state index is 17.8. The lowest BCUT2D eigenvalue weighted by molar-refractivity contribution is 0.0428. The minimum Gasteiger partial charge on any atom is -0.497 e. The molecule has 7 rings (SSSR count). The highest BCUT2D eigenvalue weighted by molar-refractivity contribution is 14.1. The van der Waals surface area contributed by atoms with Crippen molar-refractivity contribution >= 4 is 86.2 Å². The molecule has 1 unspecified atom stereocenters. The SMILES string of the molecule is COc1ccc(CN(Cc2ccc(OC)cc2)c2cc(C)c(I)c(-c3c(Cl)c4c5c(nc(Cl)nc5c3F)N(C(C)c3cccnc3N(C(=O)OC(C)(C)C)C(=O)OC(C)(C)C)CCO4)c2F)cc1. The quantitative estimate of drug-likeness (QED) is 0.0905. The molecule has 1 aliphatic heterocycles. The number of halogens is 5. The van der Waals surface area contributed by atoms with Crippen LogP contribution in [-0.4, -0.2) is 65.7 Å². The molecule has 68 heavy (non-hydrogen) atoms. The van der Waals surface area contributed by atoms with E-state index in [-0.39, 0.29) is 81.6 Å². The molecule has 0 aliphatic carbocycles. The molecule has 0 N–H and O–H groups in total. The Kier molecular flexibility index (Phi) is 14.8. The number of aromatic nitrogens is 3. The van der Waals surface area contributed by atoms with E-state index in [1.54, 1.807) is 85.8 Å². The lowest BCUT2D eigenvalue weighted by Crippen LogP contribution is -2.45. The van der Waals surface area contributed by atoms with Crippen LogP contribution in [0.5, 0.6) is 17.2 Å². The van der Waals surface area contributed by atoms with Crippen LogP contribution in [0.15, 0.2) is 72.9 Å². The van der Waals surface area contributed by atoms with Gasteiger partial charge in [0.15, 0.2) is 23.2 Å². The van der Waals surface area contributed by atoms with Gasteiger partial charge in [0.05, 0.1) is 42.9 Å². The molecule has 0 saturated heterocycles. The Morgan fingerprint density at radius 2 is 1.41 bits per heavy atom. The molecule has 3 heterocycles. The van der Waals surface area contributed by atoms with E-state index in [9.17, 15) is 9.59 Å². The van der Waals surface area contributed by atoms with E-state index in [0.717, 1.165) is 16.0 Å². The molecule has 1 atom stereocenters. The van der Waals surface area contributed by atoms with Gasteiger partial charge in [0.2, 0.25) is 5.28 Å². The van der Waals surface area contributed by atoms with Crippen LogP contribution in [0.4, 0.5) is 35.7 Å². The van der Waals surface area contributed by atoms with Crippen LogP contribution < -0.4 is 28.9 Å². The van der Waals surface area contributed by atoms with E-state index >= 15 is 8.78 Å². The van der Waals surface area contributed by atoms with E-state index in [2.05, 4.69) is 15.0 Å². The van der Waals surface area contributed by atoms with Crippen molar-refractivity contribution in [3.05, 3.63) is 121 Å². The summed E-state index contributed by atoms with van der Waals surface area (Å²) in [5.41, 5.74) is 0.395. The van der Waals surface area contributed by atoms with Gasteiger partial charge in [-0.15, -0.1) is 0 Å². The van der Waals surface area contributed by atoms with Crippen molar-refractivity contribution in [2.45, 2.75) is 85.7 Å². The fourth-order valence-electron chi connectivity index (χ4n) is 7.80. The zero-order valence-electron chi connectivity index (χ0n) is 39.3. The highest BCUT2D eigenvalue weighted by Gasteiger charge is 2.39. The Hall–Kier alpha value is -5.72. The topological polar surface area (TPSA) is 129 Å². The number of carbonyl (C=O) groups is 2. The first kappa shape index (κ1) is 50.2. The van der Waals surface area contributed by atoms with Gasteiger partial charge in [-0.1, -0.05) is 41.9 Å². The molecule has 2 aromatic heterocycles. The number of rotatable bonds is 11. The van der Waals surface area contributed by atoms with Crippen LogP contribution in [0.1, 0.15) is 76.8 Å². The minimum atomic E-state index is -1.01. The van der Waals surface area contributed by atoms with Crippen LogP contribution in [-0.2, 0) is 22.6 Å². The van der Waals surface area contributed by atoms with Crippen LogP contribution in [0.2, 0.25) is 10.3 Å². The Morgan fingerprint density at radius 3 is 1.94 bits per heavy atom. The Balaban J connectivity index is 1.37. The summed E-state index contributed by atoms with van der Waals surface area (Å²) in [6.45, 7) is 14.3. The lowest BCUT2D eigenvalue weighted by Gasteiger charge is -2.33. The van der Waals surface area contributed by atoms with Crippen molar-refractivity contribution < 1.29 is 42.1 Å². The van der Waals surface area contributed by atoms with Gasteiger partial charge in [-0.05, 0) is 143 Å². The number of hydrogen-bond acceptors (Lipinski definition) is 12. The molecule has 0 radical (unpaired) electrons. The number of methoxy groups -OCH3 is 2. The van der Waals surface area contributed by atoms with Crippen LogP contribution in [0, 0.1) is 22.1 Å². The predicted molar refractivity (Wildman–Crippen MR) is 269 cm³/mol. The number of nitrogens with zero attached hydrogens (tertiary/aromatic N) is 6. The molecule has 0 bridgehead atoms. The Bertz CT molecular complexity index is 2800. The summed E-state index contributed by atoms with van der Waals surface area (Å²) >= 11 is 15.9. The van der Waals surface area contributed by atoms with Gasteiger partial charge in [0.1, 0.15) is 40.6 Å². The predicted octanol–water partition coefficient (Wildman–Crippen LogP) is 13.1.